The van der Waals surface area contributed by atoms with Crippen LogP contribution >= 0.6 is 34.8 Å². The van der Waals surface area contributed by atoms with Crippen molar-refractivity contribution in [3.63, 3.8) is 0 Å². The molecule has 3 N–H and O–H groups in total. The minimum absolute atomic E-state index is 0.0530. The molecule has 1 aromatic carbocycles. The summed E-state index contributed by atoms with van der Waals surface area (Å²) < 4.78 is 9.82. The molecule has 53 heavy (non-hydrogen) atoms. The zero-order valence-electron chi connectivity index (χ0n) is 32.6. The van der Waals surface area contributed by atoms with E-state index in [-0.39, 0.29) is 23.0 Å². The number of carbonyl (C=O) groups excluding carboxylic acids is 4. The second-order valence-corrected chi connectivity index (χ2v) is 23.4. The van der Waals surface area contributed by atoms with Crippen LogP contribution in [0, 0.1) is 11.3 Å². The Kier molecular flexibility index (Phi) is 14.9. The smallest absolute Gasteiger partial charge is 0.325 e. The molecule has 4 atom stereocenters. The van der Waals surface area contributed by atoms with Gasteiger partial charge in [0.2, 0.25) is 15.6 Å². The number of hydrogen-bond donors (Lipinski definition) is 3. The maximum absolute atomic E-state index is 13.6. The minimum Gasteiger partial charge on any atom is -0.460 e. The molecule has 0 saturated carbocycles. The van der Waals surface area contributed by atoms with Gasteiger partial charge in [-0.05, 0) is 76.2 Å². The van der Waals surface area contributed by atoms with Crippen molar-refractivity contribution in [3.8, 4) is 0 Å². The van der Waals surface area contributed by atoms with E-state index in [0.29, 0.717) is 25.2 Å². The number of carbonyl (C=O) groups is 4. The number of ether oxygens (including phenoxy) is 1. The van der Waals surface area contributed by atoms with E-state index in [1.807, 2.05) is 45.0 Å². The number of esters is 1. The van der Waals surface area contributed by atoms with Crippen LogP contribution in [0.15, 0.2) is 30.5 Å². The highest BCUT2D eigenvalue weighted by molar-refractivity contribution is 6.74. The molecule has 16 heteroatoms. The van der Waals surface area contributed by atoms with Crippen molar-refractivity contribution < 1.29 is 28.3 Å². The van der Waals surface area contributed by atoms with Crippen LogP contribution in [0.5, 0.6) is 0 Å². The fourth-order valence-corrected chi connectivity index (χ4v) is 6.74. The van der Waals surface area contributed by atoms with Gasteiger partial charge in [0.1, 0.15) is 30.8 Å². The molecule has 294 valence electrons. The predicted molar refractivity (Wildman–Crippen MR) is 213 cm³/mol. The minimum atomic E-state index is -2.03. The molecule has 0 bridgehead atoms. The van der Waals surface area contributed by atoms with Gasteiger partial charge in [0, 0.05) is 18.1 Å². The largest absolute Gasteiger partial charge is 0.460 e. The number of nitrogens with one attached hydrogen (secondary N) is 3. The molecule has 1 aliphatic heterocycles. The lowest BCUT2D eigenvalue weighted by atomic mass is 9.89. The summed E-state index contributed by atoms with van der Waals surface area (Å²) in [5.41, 5.74) is 3.46. The van der Waals surface area contributed by atoms with Crippen LogP contribution in [0.25, 0.3) is 17.0 Å². The van der Waals surface area contributed by atoms with Crippen LogP contribution in [0.2, 0.25) is 18.1 Å². The number of fused-ring (bicyclic) bond motifs is 1. The molecule has 3 amide bonds. The first-order valence-corrected chi connectivity index (χ1v) is 21.9. The number of amides is 3. The maximum atomic E-state index is 13.6. The lowest BCUT2D eigenvalue weighted by Gasteiger charge is -2.38. The van der Waals surface area contributed by atoms with Gasteiger partial charge in [0.05, 0.1) is 10.9 Å². The maximum Gasteiger partial charge on any atom is 0.325 e. The first kappa shape index (κ1) is 44.6. The van der Waals surface area contributed by atoms with Crippen LogP contribution in [-0.4, -0.2) is 82.1 Å². The van der Waals surface area contributed by atoms with Crippen molar-refractivity contribution in [2.45, 2.75) is 121 Å². The van der Waals surface area contributed by atoms with E-state index in [0.717, 1.165) is 16.5 Å². The molecule has 2 heterocycles. The van der Waals surface area contributed by atoms with Crippen molar-refractivity contribution in [1.29, 1.82) is 0 Å². The summed E-state index contributed by atoms with van der Waals surface area (Å²) in [5.74, 6) is -1.67. The van der Waals surface area contributed by atoms with Crippen molar-refractivity contribution in [3.05, 3.63) is 41.9 Å². The highest BCUT2D eigenvalue weighted by Gasteiger charge is 2.39. The molecule has 1 fully saturated rings. The third-order valence-electron chi connectivity index (χ3n) is 9.62. The van der Waals surface area contributed by atoms with E-state index in [9.17, 15) is 19.2 Å². The van der Waals surface area contributed by atoms with E-state index >= 15 is 0 Å². The average molecular weight is 814 g/mol. The molecule has 1 aromatic heterocycles. The van der Waals surface area contributed by atoms with Crippen LogP contribution in [0.4, 0.5) is 0 Å². The van der Waals surface area contributed by atoms with Crippen LogP contribution in [0.1, 0.15) is 92.6 Å². The third kappa shape index (κ3) is 12.6. The highest BCUT2D eigenvalue weighted by atomic mass is 35.6. The molecule has 2 aromatic rings. The number of halogens is 3. The number of benzene rings is 1. The SMILES string of the molecule is CC(O[Si](C)(C)C(C)(C)C)c1ncc2ccc(/C=C/C(C)(C)C(=O)N[C@H](C(=O)N[C@@H](C)C(=O)N3CCC[C@@H](C(=O)OCC(Cl)(Cl)Cl)N3)C(C)C)cc2n1. The lowest BCUT2D eigenvalue weighted by molar-refractivity contribution is -0.152. The van der Waals surface area contributed by atoms with Crippen LogP contribution in [-0.2, 0) is 28.3 Å². The summed E-state index contributed by atoms with van der Waals surface area (Å²) >= 11 is 17.0. The second kappa shape index (κ2) is 17.8. The summed E-state index contributed by atoms with van der Waals surface area (Å²) in [6, 6.07) is 3.10. The molecule has 0 radical (unpaired) electrons. The number of hydrazine groups is 1. The Bertz CT molecular complexity index is 1680. The Hall–Kier alpha value is -2.81. The fraction of sp³-hybridized carbons (Fsp3) is 0.622. The third-order valence-corrected chi connectivity index (χ3v) is 14.5. The van der Waals surface area contributed by atoms with Gasteiger partial charge in [-0.3, -0.25) is 24.2 Å². The van der Waals surface area contributed by atoms with E-state index in [2.05, 4.69) is 54.9 Å². The zero-order valence-corrected chi connectivity index (χ0v) is 35.9. The second-order valence-electron chi connectivity index (χ2n) is 16.1. The molecule has 12 nitrogen and oxygen atoms in total. The standard InChI is InChI=1S/C37H55Cl3N6O6Si/c1-22(2)29(31(47)42-23(3)32(48)46-18-12-13-27(45-46)33(49)51-21-37(38,39)40)44-34(50)36(8,9)17-16-25-14-15-26-20-41-30(43-28(26)19-25)24(4)52-53(10,11)35(5,6)7/h14-17,19-20,22-24,27,29,45H,12-13,18,21H2,1-11H3,(H,42,47)(H,44,50)/b17-16+/t23-,24?,27-,29-/m0/s1. The Balaban J connectivity index is 1.65. The molecular weight excluding hydrogens is 759 g/mol. The first-order valence-electron chi connectivity index (χ1n) is 17.9. The Labute approximate surface area is 329 Å². The molecular formula is C37H55Cl3N6O6Si. The first-order chi connectivity index (χ1) is 24.3. The quantitative estimate of drug-likeness (QED) is 0.113. The topological polar surface area (TPSA) is 152 Å². The zero-order chi connectivity index (χ0) is 40.1. The van der Waals surface area contributed by atoms with Gasteiger partial charge in [-0.25, -0.2) is 15.4 Å². The van der Waals surface area contributed by atoms with Crippen molar-refractivity contribution in [2.24, 2.45) is 11.3 Å². The van der Waals surface area contributed by atoms with Gasteiger partial charge in [-0.1, -0.05) is 93.7 Å². The van der Waals surface area contributed by atoms with E-state index in [1.54, 1.807) is 26.1 Å². The molecule has 0 aliphatic carbocycles. The number of alkyl halides is 3. The van der Waals surface area contributed by atoms with Gasteiger partial charge in [-0.2, -0.15) is 0 Å². The number of aromatic nitrogens is 2. The van der Waals surface area contributed by atoms with Gasteiger partial charge in [-0.15, -0.1) is 0 Å². The summed E-state index contributed by atoms with van der Waals surface area (Å²) in [5, 5.41) is 7.81. The van der Waals surface area contributed by atoms with Crippen molar-refractivity contribution >= 4 is 83.8 Å². The van der Waals surface area contributed by atoms with Gasteiger partial charge in [0.15, 0.2) is 14.1 Å². The monoisotopic (exact) mass is 812 g/mol. The summed E-state index contributed by atoms with van der Waals surface area (Å²) in [7, 11) is -2.03. The number of hydrogen-bond acceptors (Lipinski definition) is 9. The van der Waals surface area contributed by atoms with Crippen LogP contribution < -0.4 is 16.1 Å². The van der Waals surface area contributed by atoms with Crippen LogP contribution in [0.3, 0.4) is 0 Å². The Morgan fingerprint density at radius 3 is 2.32 bits per heavy atom. The molecule has 3 rings (SSSR count). The summed E-state index contributed by atoms with van der Waals surface area (Å²) in [4.78, 5) is 62.1. The van der Waals surface area contributed by atoms with Gasteiger partial charge >= 0.3 is 5.97 Å². The van der Waals surface area contributed by atoms with E-state index < -0.39 is 60.0 Å². The average Bonchev–Trinajstić information content (AvgIpc) is 3.06. The van der Waals surface area contributed by atoms with Gasteiger partial charge < -0.3 is 19.8 Å². The fourth-order valence-electron chi connectivity index (χ4n) is 5.24. The molecule has 1 unspecified atom stereocenters. The molecule has 0 spiro atoms. The van der Waals surface area contributed by atoms with E-state index in [1.165, 1.54) is 11.9 Å². The number of nitrogens with zero attached hydrogens (tertiary/aromatic N) is 3. The number of rotatable bonds is 13. The Morgan fingerprint density at radius 1 is 1.06 bits per heavy atom. The summed E-state index contributed by atoms with van der Waals surface area (Å²) in [6.07, 6.45) is 6.10. The molecule has 1 aliphatic rings. The highest BCUT2D eigenvalue weighted by Crippen LogP contribution is 2.39. The normalized spacial score (nSPS) is 17.8. The summed E-state index contributed by atoms with van der Waals surface area (Å²) in [6.45, 7) is 21.5. The molecule has 1 saturated heterocycles. The predicted octanol–water partition coefficient (Wildman–Crippen LogP) is 6.81. The lowest BCUT2D eigenvalue weighted by Crippen LogP contribution is -2.61. The van der Waals surface area contributed by atoms with Crippen molar-refractivity contribution in [2.75, 3.05) is 13.2 Å². The Morgan fingerprint density at radius 2 is 1.72 bits per heavy atom. The van der Waals surface area contributed by atoms with Crippen molar-refractivity contribution in [1.82, 2.24) is 31.0 Å². The van der Waals surface area contributed by atoms with Gasteiger partial charge in [0.25, 0.3) is 5.91 Å². The van der Waals surface area contributed by atoms with E-state index in [4.69, 9.17) is 48.9 Å².